The number of hydrogen-bond donors (Lipinski definition) is 2. The molecule has 0 saturated heterocycles. The number of anilines is 2. The molecule has 8 heteroatoms. The van der Waals surface area contributed by atoms with Crippen LogP contribution in [0.2, 0.25) is 0 Å². The van der Waals surface area contributed by atoms with Crippen LogP contribution in [0.3, 0.4) is 0 Å². The zero-order valence-corrected chi connectivity index (χ0v) is 19.6. The zero-order chi connectivity index (χ0) is 22.8. The Morgan fingerprint density at radius 1 is 1.18 bits per heavy atom. The second-order valence-corrected chi connectivity index (χ2v) is 9.52. The van der Waals surface area contributed by atoms with Gasteiger partial charge in [0.15, 0.2) is 0 Å². The van der Waals surface area contributed by atoms with E-state index in [1.54, 1.807) is 28.4 Å². The minimum Gasteiger partial charge on any atom is -0.347 e. The Labute approximate surface area is 196 Å². The third-order valence-electron chi connectivity index (χ3n) is 5.91. The third-order valence-corrected chi connectivity index (χ3v) is 7.15. The monoisotopic (exact) mass is 458 g/mol. The third kappa shape index (κ3) is 4.80. The molecule has 5 rings (SSSR count). The van der Waals surface area contributed by atoms with Crippen molar-refractivity contribution < 1.29 is 4.79 Å². The van der Waals surface area contributed by atoms with E-state index in [1.807, 2.05) is 25.4 Å². The van der Waals surface area contributed by atoms with Crippen molar-refractivity contribution in [3.05, 3.63) is 75.4 Å². The largest absolute Gasteiger partial charge is 0.347 e. The van der Waals surface area contributed by atoms with Crippen LogP contribution < -0.4 is 10.6 Å². The summed E-state index contributed by atoms with van der Waals surface area (Å²) < 4.78 is 1.72. The van der Waals surface area contributed by atoms with Crippen LogP contribution in [0.5, 0.6) is 0 Å². The van der Waals surface area contributed by atoms with Crippen molar-refractivity contribution in [3.63, 3.8) is 0 Å². The first-order chi connectivity index (χ1) is 16.0. The number of amides is 1. The van der Waals surface area contributed by atoms with E-state index in [-0.39, 0.29) is 5.91 Å². The molecule has 1 aromatic carbocycles. The van der Waals surface area contributed by atoms with Crippen molar-refractivity contribution >= 4 is 28.9 Å². The lowest BCUT2D eigenvalue weighted by atomic mass is 9.99. The molecule has 0 atom stereocenters. The van der Waals surface area contributed by atoms with Gasteiger partial charge in [0, 0.05) is 36.4 Å². The molecule has 0 radical (unpaired) electrons. The zero-order valence-electron chi connectivity index (χ0n) is 18.8. The number of aryl methyl sites for hydroxylation is 4. The van der Waals surface area contributed by atoms with Gasteiger partial charge in [-0.25, -0.2) is 9.97 Å². The summed E-state index contributed by atoms with van der Waals surface area (Å²) in [4.78, 5) is 23.8. The highest BCUT2D eigenvalue weighted by atomic mass is 32.1. The minimum atomic E-state index is 0.0137. The number of carbonyl (C=O) groups excluding carboxylic acids is 1. The summed E-state index contributed by atoms with van der Waals surface area (Å²) >= 11 is 1.65. The van der Waals surface area contributed by atoms with Gasteiger partial charge >= 0.3 is 0 Å². The molecule has 2 N–H and O–H groups in total. The summed E-state index contributed by atoms with van der Waals surface area (Å²) in [7, 11) is 1.86. The molecule has 0 fully saturated rings. The van der Waals surface area contributed by atoms with E-state index in [2.05, 4.69) is 50.8 Å². The van der Waals surface area contributed by atoms with Crippen LogP contribution in [0.1, 0.15) is 44.1 Å². The number of benzene rings is 1. The molecule has 3 aromatic heterocycles. The summed E-state index contributed by atoms with van der Waals surface area (Å²) in [5, 5.41) is 10.4. The maximum absolute atomic E-state index is 12.7. The van der Waals surface area contributed by atoms with Gasteiger partial charge in [-0.3, -0.25) is 9.48 Å². The smallest absolute Gasteiger partial charge is 0.261 e. The van der Waals surface area contributed by atoms with Crippen LogP contribution >= 0.6 is 11.3 Å². The van der Waals surface area contributed by atoms with Crippen LogP contribution in [-0.2, 0) is 26.4 Å². The lowest BCUT2D eigenvalue weighted by Gasteiger charge is -2.10. The number of nitrogens with one attached hydrogen (secondary N) is 2. The molecular formula is C25H26N6OS. The fourth-order valence-corrected chi connectivity index (χ4v) is 5.28. The Morgan fingerprint density at radius 3 is 2.85 bits per heavy atom. The van der Waals surface area contributed by atoms with Gasteiger partial charge in [0.05, 0.1) is 22.5 Å². The predicted molar refractivity (Wildman–Crippen MR) is 131 cm³/mol. The highest BCUT2D eigenvalue weighted by Crippen LogP contribution is 2.29. The standard InChI is InChI=1S/C25H26N6OS/c1-16-11-17(21-9-10-26-25(30-21)29-20-14-28-31(2)15-20)7-8-19(16)13-27-24(32)23-12-18-5-3-4-6-22(18)33-23/h7-12,14-15H,3-6,13H2,1-2H3,(H,27,32)(H,26,29,30). The van der Waals surface area contributed by atoms with E-state index in [9.17, 15) is 4.79 Å². The van der Waals surface area contributed by atoms with E-state index < -0.39 is 0 Å². The van der Waals surface area contributed by atoms with Crippen molar-refractivity contribution in [2.45, 2.75) is 39.2 Å². The SMILES string of the molecule is Cc1cc(-c2ccnc(Nc3cnn(C)c3)n2)ccc1CNC(=O)c1cc2c(s1)CCCC2. The van der Waals surface area contributed by atoms with Gasteiger partial charge in [0.2, 0.25) is 5.95 Å². The van der Waals surface area contributed by atoms with Crippen molar-refractivity contribution in [3.8, 4) is 11.3 Å². The number of hydrogen-bond acceptors (Lipinski definition) is 6. The second-order valence-electron chi connectivity index (χ2n) is 8.38. The van der Waals surface area contributed by atoms with E-state index in [1.165, 1.54) is 23.3 Å². The summed E-state index contributed by atoms with van der Waals surface area (Å²) in [6, 6.07) is 10.2. The molecule has 33 heavy (non-hydrogen) atoms. The van der Waals surface area contributed by atoms with E-state index in [0.29, 0.717) is 12.5 Å². The Bertz CT molecular complexity index is 1280. The van der Waals surface area contributed by atoms with Crippen molar-refractivity contribution in [1.29, 1.82) is 0 Å². The maximum atomic E-state index is 12.7. The number of fused-ring (bicyclic) bond motifs is 1. The van der Waals surface area contributed by atoms with Crippen LogP contribution in [0.4, 0.5) is 11.6 Å². The molecule has 0 saturated carbocycles. The molecule has 0 aliphatic heterocycles. The van der Waals surface area contributed by atoms with Gasteiger partial charge in [-0.1, -0.05) is 12.1 Å². The van der Waals surface area contributed by atoms with E-state index >= 15 is 0 Å². The fourth-order valence-electron chi connectivity index (χ4n) is 4.11. The van der Waals surface area contributed by atoms with Crippen molar-refractivity contribution in [2.24, 2.45) is 7.05 Å². The van der Waals surface area contributed by atoms with Gasteiger partial charge in [0.1, 0.15) is 0 Å². The van der Waals surface area contributed by atoms with Gasteiger partial charge in [-0.15, -0.1) is 11.3 Å². The number of thiophene rings is 1. The fraction of sp³-hybridized carbons (Fsp3) is 0.280. The molecule has 3 heterocycles. The Balaban J connectivity index is 1.26. The minimum absolute atomic E-state index is 0.0137. The van der Waals surface area contributed by atoms with Crippen molar-refractivity contribution in [2.75, 3.05) is 5.32 Å². The quantitative estimate of drug-likeness (QED) is 0.434. The second kappa shape index (κ2) is 9.15. The molecule has 7 nitrogen and oxygen atoms in total. The number of nitrogens with zero attached hydrogens (tertiary/aromatic N) is 4. The first kappa shape index (κ1) is 21.3. The molecule has 4 aromatic rings. The van der Waals surface area contributed by atoms with E-state index in [0.717, 1.165) is 45.8 Å². The first-order valence-corrected chi connectivity index (χ1v) is 12.0. The van der Waals surface area contributed by atoms with Crippen LogP contribution in [0.15, 0.2) is 48.9 Å². The van der Waals surface area contributed by atoms with Gasteiger partial charge in [-0.05, 0) is 67.5 Å². The molecule has 1 aliphatic rings. The summed E-state index contributed by atoms with van der Waals surface area (Å²) in [5.41, 5.74) is 6.24. The number of aromatic nitrogens is 4. The van der Waals surface area contributed by atoms with Gasteiger partial charge in [-0.2, -0.15) is 5.10 Å². The van der Waals surface area contributed by atoms with Gasteiger partial charge in [0.25, 0.3) is 5.91 Å². The highest BCUT2D eigenvalue weighted by molar-refractivity contribution is 7.14. The summed E-state index contributed by atoms with van der Waals surface area (Å²) in [6.45, 7) is 2.57. The Hall–Kier alpha value is -3.52. The molecule has 0 spiro atoms. The molecular weight excluding hydrogens is 432 g/mol. The maximum Gasteiger partial charge on any atom is 0.261 e. The van der Waals surface area contributed by atoms with Crippen molar-refractivity contribution in [1.82, 2.24) is 25.1 Å². The molecule has 1 amide bonds. The summed E-state index contributed by atoms with van der Waals surface area (Å²) in [6.07, 6.45) is 10.0. The van der Waals surface area contributed by atoms with Crippen LogP contribution in [0.25, 0.3) is 11.3 Å². The summed E-state index contributed by atoms with van der Waals surface area (Å²) in [5.74, 6) is 0.535. The Kier molecular flexibility index (Phi) is 5.92. The molecule has 0 bridgehead atoms. The predicted octanol–water partition coefficient (Wildman–Crippen LogP) is 4.80. The number of rotatable bonds is 6. The lowest BCUT2D eigenvalue weighted by molar-refractivity contribution is 0.0955. The first-order valence-electron chi connectivity index (χ1n) is 11.1. The number of carbonyl (C=O) groups is 1. The average Bonchev–Trinajstić information content (AvgIpc) is 3.44. The van der Waals surface area contributed by atoms with Crippen LogP contribution in [0, 0.1) is 6.92 Å². The van der Waals surface area contributed by atoms with Gasteiger partial charge < -0.3 is 10.6 Å². The molecule has 168 valence electrons. The molecule has 1 aliphatic carbocycles. The normalized spacial score (nSPS) is 12.9. The lowest BCUT2D eigenvalue weighted by Crippen LogP contribution is -2.22. The highest BCUT2D eigenvalue weighted by Gasteiger charge is 2.17. The van der Waals surface area contributed by atoms with E-state index in [4.69, 9.17) is 0 Å². The molecule has 0 unspecified atom stereocenters. The van der Waals surface area contributed by atoms with Crippen LogP contribution in [-0.4, -0.2) is 25.7 Å². The Morgan fingerprint density at radius 2 is 2.06 bits per heavy atom. The average molecular weight is 459 g/mol. The topological polar surface area (TPSA) is 84.7 Å².